The van der Waals surface area contributed by atoms with E-state index >= 15 is 0 Å². The lowest BCUT2D eigenvalue weighted by Crippen LogP contribution is -2.35. The van der Waals surface area contributed by atoms with Crippen molar-refractivity contribution in [1.29, 1.82) is 0 Å². The summed E-state index contributed by atoms with van der Waals surface area (Å²) in [5.41, 5.74) is -0.271. The van der Waals surface area contributed by atoms with Crippen molar-refractivity contribution in [1.82, 2.24) is 20.3 Å². The largest absolute Gasteiger partial charge is 0.478 e. The Kier molecular flexibility index (Phi) is 6.72. The zero-order valence-corrected chi connectivity index (χ0v) is 17.7. The Morgan fingerprint density at radius 2 is 1.94 bits per heavy atom. The third-order valence-electron chi connectivity index (χ3n) is 4.46. The molecule has 0 aliphatic rings. The molecule has 3 rings (SSSR count). The molecule has 3 aromatic heterocycles. The molecule has 2 amide bonds. The van der Waals surface area contributed by atoms with Gasteiger partial charge in [-0.25, -0.2) is 19.6 Å². The van der Waals surface area contributed by atoms with Gasteiger partial charge in [-0.2, -0.15) is 13.2 Å². The second-order valence-electron chi connectivity index (χ2n) is 6.83. The summed E-state index contributed by atoms with van der Waals surface area (Å²) >= 11 is 0.767. The molecule has 0 radical (unpaired) electrons. The van der Waals surface area contributed by atoms with Gasteiger partial charge in [0.25, 0.3) is 0 Å². The van der Waals surface area contributed by atoms with Crippen LogP contribution in [0.4, 0.5) is 23.8 Å². The number of aromatic carboxylic acids is 1. The molecule has 0 aliphatic heterocycles. The summed E-state index contributed by atoms with van der Waals surface area (Å²) in [5.74, 6) is -1.11. The van der Waals surface area contributed by atoms with Crippen molar-refractivity contribution in [3.8, 4) is 21.7 Å². The Bertz CT molecular complexity index is 1150. The third-order valence-corrected chi connectivity index (χ3v) is 5.33. The number of nitrogens with zero attached hydrogens (tertiary/aromatic N) is 3. The predicted octanol–water partition coefficient (Wildman–Crippen LogP) is 4.90. The number of hydrogen-bond acceptors (Lipinski definition) is 6. The quantitative estimate of drug-likeness (QED) is 0.477. The molecule has 0 aromatic carbocycles. The van der Waals surface area contributed by atoms with Crippen LogP contribution in [0.1, 0.15) is 36.3 Å². The Labute approximate surface area is 184 Å². The van der Waals surface area contributed by atoms with Gasteiger partial charge in [0.2, 0.25) is 0 Å². The highest BCUT2D eigenvalue weighted by Gasteiger charge is 2.34. The number of carbonyl (C=O) groups is 2. The minimum Gasteiger partial charge on any atom is -0.478 e. The van der Waals surface area contributed by atoms with E-state index in [4.69, 9.17) is 0 Å². The SMILES string of the molecule is CCC(C)NC(=O)Nc1cc(-c2nc(C(F)(F)F)cs2)c(-c2cncc(C(=O)O)c2)cn1. The first-order valence-corrected chi connectivity index (χ1v) is 10.3. The van der Waals surface area contributed by atoms with Gasteiger partial charge in [0.15, 0.2) is 5.69 Å². The van der Waals surface area contributed by atoms with Crippen molar-refractivity contribution in [2.75, 3.05) is 5.32 Å². The maximum atomic E-state index is 13.1. The average Bonchev–Trinajstić information content (AvgIpc) is 3.24. The first kappa shape index (κ1) is 23.1. The smallest absolute Gasteiger partial charge is 0.434 e. The zero-order chi connectivity index (χ0) is 23.5. The van der Waals surface area contributed by atoms with Crippen LogP contribution in [0, 0.1) is 0 Å². The highest BCUT2D eigenvalue weighted by molar-refractivity contribution is 7.13. The maximum absolute atomic E-state index is 13.1. The van der Waals surface area contributed by atoms with E-state index in [0.717, 1.165) is 22.9 Å². The van der Waals surface area contributed by atoms with Crippen LogP contribution in [-0.2, 0) is 6.18 Å². The number of aromatic nitrogens is 3. The number of pyridine rings is 2. The standard InChI is InChI=1S/C20H18F3N5O3S/c1-3-10(2)26-19(31)28-16-5-13(17-27-15(9-32-17)20(21,22)23)14(8-25-16)11-4-12(18(29)30)7-24-6-11/h4-10H,3H2,1-2H3,(H,29,30)(H2,25,26,28,31). The van der Waals surface area contributed by atoms with E-state index in [9.17, 15) is 27.9 Å². The van der Waals surface area contributed by atoms with Crippen LogP contribution < -0.4 is 10.6 Å². The van der Waals surface area contributed by atoms with Crippen molar-refractivity contribution in [3.63, 3.8) is 0 Å². The van der Waals surface area contributed by atoms with Gasteiger partial charge >= 0.3 is 18.2 Å². The van der Waals surface area contributed by atoms with Crippen LogP contribution in [0.3, 0.4) is 0 Å². The molecular weight excluding hydrogens is 447 g/mol. The lowest BCUT2D eigenvalue weighted by atomic mass is 10.0. The normalized spacial score (nSPS) is 12.3. The lowest BCUT2D eigenvalue weighted by Gasteiger charge is -2.14. The van der Waals surface area contributed by atoms with Gasteiger partial charge in [0.05, 0.1) is 5.56 Å². The number of rotatable bonds is 6. The average molecular weight is 465 g/mol. The molecule has 0 saturated carbocycles. The topological polar surface area (TPSA) is 117 Å². The Hall–Kier alpha value is -3.54. The van der Waals surface area contributed by atoms with Crippen LogP contribution in [-0.4, -0.2) is 38.1 Å². The van der Waals surface area contributed by atoms with Gasteiger partial charge in [-0.3, -0.25) is 10.3 Å². The van der Waals surface area contributed by atoms with Crippen LogP contribution in [0.5, 0.6) is 0 Å². The van der Waals surface area contributed by atoms with Gasteiger partial charge in [-0.15, -0.1) is 11.3 Å². The number of alkyl halides is 3. The Balaban J connectivity index is 2.07. The molecule has 0 fully saturated rings. The Morgan fingerprint density at radius 3 is 2.56 bits per heavy atom. The first-order chi connectivity index (χ1) is 15.1. The summed E-state index contributed by atoms with van der Waals surface area (Å²) < 4.78 is 39.2. The second-order valence-corrected chi connectivity index (χ2v) is 7.68. The van der Waals surface area contributed by atoms with Crippen LogP contribution in [0.15, 0.2) is 36.1 Å². The van der Waals surface area contributed by atoms with Crippen LogP contribution >= 0.6 is 11.3 Å². The summed E-state index contributed by atoms with van der Waals surface area (Å²) in [5, 5.41) is 15.4. The van der Waals surface area contributed by atoms with Crippen molar-refractivity contribution in [3.05, 3.63) is 47.4 Å². The highest BCUT2D eigenvalue weighted by Crippen LogP contribution is 2.38. The van der Waals surface area contributed by atoms with Gasteiger partial charge < -0.3 is 10.4 Å². The van der Waals surface area contributed by atoms with E-state index in [1.165, 1.54) is 24.5 Å². The number of carboxylic acids is 1. The molecule has 3 aromatic rings. The monoisotopic (exact) mass is 465 g/mol. The Morgan fingerprint density at radius 1 is 1.19 bits per heavy atom. The maximum Gasteiger partial charge on any atom is 0.434 e. The lowest BCUT2D eigenvalue weighted by molar-refractivity contribution is -0.140. The minimum absolute atomic E-state index is 0.0286. The van der Waals surface area contributed by atoms with Gasteiger partial charge in [0, 0.05) is 46.7 Å². The van der Waals surface area contributed by atoms with Gasteiger partial charge in [-0.05, 0) is 25.5 Å². The third kappa shape index (κ3) is 5.38. The van der Waals surface area contributed by atoms with Gasteiger partial charge in [-0.1, -0.05) is 6.92 Å². The molecule has 0 bridgehead atoms. The number of nitrogens with one attached hydrogen (secondary N) is 2. The fourth-order valence-corrected chi connectivity index (χ4v) is 3.50. The summed E-state index contributed by atoms with van der Waals surface area (Å²) in [6.07, 6.45) is -0.0695. The van der Waals surface area contributed by atoms with Crippen LogP contribution in [0.2, 0.25) is 0 Å². The number of thiazole rings is 1. The first-order valence-electron chi connectivity index (χ1n) is 9.37. The van der Waals surface area contributed by atoms with E-state index in [1.54, 1.807) is 0 Å². The van der Waals surface area contributed by atoms with E-state index in [-0.39, 0.29) is 28.0 Å². The van der Waals surface area contributed by atoms with E-state index in [2.05, 4.69) is 25.6 Å². The van der Waals surface area contributed by atoms with Crippen LogP contribution in [0.25, 0.3) is 21.7 Å². The molecule has 8 nitrogen and oxygen atoms in total. The van der Waals surface area contributed by atoms with Crippen molar-refractivity contribution < 1.29 is 27.9 Å². The van der Waals surface area contributed by atoms with Gasteiger partial charge in [0.1, 0.15) is 10.8 Å². The predicted molar refractivity (Wildman–Crippen MR) is 112 cm³/mol. The summed E-state index contributed by atoms with van der Waals surface area (Å²) in [6, 6.07) is 2.11. The molecule has 168 valence electrons. The number of carbonyl (C=O) groups excluding carboxylic acids is 1. The fourth-order valence-electron chi connectivity index (χ4n) is 2.64. The number of hydrogen-bond donors (Lipinski definition) is 3. The van der Waals surface area contributed by atoms with Crippen molar-refractivity contribution >= 4 is 29.2 Å². The number of halogens is 3. The van der Waals surface area contributed by atoms with E-state index < -0.39 is 23.9 Å². The van der Waals surface area contributed by atoms with E-state index in [1.807, 2.05) is 13.8 Å². The highest BCUT2D eigenvalue weighted by atomic mass is 32.1. The second kappa shape index (κ2) is 9.30. The number of urea groups is 1. The summed E-state index contributed by atoms with van der Waals surface area (Å²) in [4.78, 5) is 35.2. The van der Waals surface area contributed by atoms with E-state index in [0.29, 0.717) is 17.5 Å². The molecule has 0 spiro atoms. The number of carboxylic acid groups (broad SMARTS) is 1. The number of anilines is 1. The summed E-state index contributed by atoms with van der Waals surface area (Å²) in [6.45, 7) is 3.72. The molecule has 12 heteroatoms. The molecule has 32 heavy (non-hydrogen) atoms. The molecule has 1 unspecified atom stereocenters. The number of amides is 2. The molecule has 0 saturated heterocycles. The summed E-state index contributed by atoms with van der Waals surface area (Å²) in [7, 11) is 0. The molecule has 3 heterocycles. The van der Waals surface area contributed by atoms with Crippen molar-refractivity contribution in [2.45, 2.75) is 32.5 Å². The fraction of sp³-hybridized carbons (Fsp3) is 0.250. The minimum atomic E-state index is -4.62. The molecule has 1 atom stereocenters. The molecule has 3 N–H and O–H groups in total. The van der Waals surface area contributed by atoms with Crippen molar-refractivity contribution in [2.24, 2.45) is 0 Å². The zero-order valence-electron chi connectivity index (χ0n) is 16.9. The molecule has 0 aliphatic carbocycles. The molecular formula is C20H18F3N5O3S.